The Kier molecular flexibility index (Phi) is 6.70. The maximum atomic E-state index is 10.9. The Labute approximate surface area is 181 Å². The molecule has 2 aromatic rings. The summed E-state index contributed by atoms with van der Waals surface area (Å²) >= 11 is 2.21. The van der Waals surface area contributed by atoms with E-state index in [2.05, 4.69) is 70.0 Å². The van der Waals surface area contributed by atoms with Crippen molar-refractivity contribution in [2.75, 3.05) is 19.7 Å². The second-order valence-electron chi connectivity index (χ2n) is 7.83. The fourth-order valence-electron chi connectivity index (χ4n) is 4.71. The van der Waals surface area contributed by atoms with E-state index in [1.165, 1.54) is 29.5 Å². The van der Waals surface area contributed by atoms with E-state index >= 15 is 0 Å². The fourth-order valence-corrected chi connectivity index (χ4v) is 4.92. The van der Waals surface area contributed by atoms with Crippen LogP contribution in [0.25, 0.3) is 0 Å². The van der Waals surface area contributed by atoms with Gasteiger partial charge in [0.1, 0.15) is 12.4 Å². The average Bonchev–Trinajstić information content (AvgIpc) is 2.74. The lowest BCUT2D eigenvalue weighted by molar-refractivity contribution is 0.0289. The molecule has 0 unspecified atom stereocenters. The summed E-state index contributed by atoms with van der Waals surface area (Å²) < 4.78 is 7.98. The lowest BCUT2D eigenvalue weighted by Crippen LogP contribution is -2.51. The minimum atomic E-state index is -0.301. The van der Waals surface area contributed by atoms with Crippen molar-refractivity contribution in [3.63, 3.8) is 0 Å². The van der Waals surface area contributed by atoms with Crippen molar-refractivity contribution in [3.8, 4) is 5.75 Å². The number of nitrogens with zero attached hydrogens (tertiary/aromatic N) is 1. The highest BCUT2D eigenvalue weighted by Crippen LogP contribution is 2.35. The first-order valence-electron chi connectivity index (χ1n) is 10.2. The van der Waals surface area contributed by atoms with E-state index in [1.54, 1.807) is 0 Å². The maximum Gasteiger partial charge on any atom is 0.123 e. The number of fused-ring (bicyclic) bond motifs is 1. The Morgan fingerprint density at radius 3 is 2.57 bits per heavy atom. The largest absolute Gasteiger partial charge is 0.489 e. The number of hydrogen-bond acceptors (Lipinski definition) is 3. The van der Waals surface area contributed by atoms with E-state index in [4.69, 9.17) is 4.74 Å². The zero-order chi connectivity index (χ0) is 19.3. The predicted molar refractivity (Wildman–Crippen MR) is 122 cm³/mol. The van der Waals surface area contributed by atoms with Crippen LogP contribution in [0.4, 0.5) is 0 Å². The van der Waals surface area contributed by atoms with Gasteiger partial charge in [0.25, 0.3) is 0 Å². The molecule has 4 rings (SSSR count). The van der Waals surface area contributed by atoms with Gasteiger partial charge >= 0.3 is 0 Å². The van der Waals surface area contributed by atoms with Crippen LogP contribution in [0.5, 0.6) is 5.75 Å². The van der Waals surface area contributed by atoms with Gasteiger partial charge in [-0.25, -0.2) is 0 Å². The molecule has 0 aromatic heterocycles. The standard InChI is InChI=1S/C24H28INO2/c25-12-5-15-28-24-9-4-8-20-16-23(27)22(17-21(20)24)26-13-10-19(11-14-26)18-6-2-1-3-7-18/h1-9,12,19,22-23,27H,10-11,13-17H2/b12-5+/t22-,23-/m1/s1. The summed E-state index contributed by atoms with van der Waals surface area (Å²) in [5.74, 6) is 1.62. The first-order chi connectivity index (χ1) is 13.8. The van der Waals surface area contributed by atoms with Gasteiger partial charge in [0.05, 0.1) is 6.10 Å². The number of benzene rings is 2. The maximum absolute atomic E-state index is 10.9. The minimum absolute atomic E-state index is 0.189. The lowest BCUT2D eigenvalue weighted by Gasteiger charge is -2.42. The normalized spacial score (nSPS) is 23.6. The number of aliphatic hydroxyl groups is 1. The average molecular weight is 489 g/mol. The van der Waals surface area contributed by atoms with Crippen LogP contribution in [0, 0.1) is 0 Å². The van der Waals surface area contributed by atoms with Gasteiger partial charge in [0.15, 0.2) is 0 Å². The number of aliphatic hydroxyl groups excluding tert-OH is 1. The van der Waals surface area contributed by atoms with Crippen LogP contribution < -0.4 is 4.74 Å². The summed E-state index contributed by atoms with van der Waals surface area (Å²) in [5, 5.41) is 10.9. The van der Waals surface area contributed by atoms with Crippen molar-refractivity contribution in [2.45, 2.75) is 43.7 Å². The van der Waals surface area contributed by atoms with E-state index in [0.29, 0.717) is 12.5 Å². The second-order valence-corrected chi connectivity index (χ2v) is 8.55. The number of halogens is 1. The molecule has 0 bridgehead atoms. The van der Waals surface area contributed by atoms with Gasteiger partial charge in [0, 0.05) is 12.5 Å². The Morgan fingerprint density at radius 1 is 1.04 bits per heavy atom. The van der Waals surface area contributed by atoms with Crippen LogP contribution in [0.2, 0.25) is 0 Å². The molecule has 3 nitrogen and oxygen atoms in total. The SMILES string of the molecule is O[C@@H]1Cc2cccc(OC/C=C/I)c2C[C@H]1N1CCC(c2ccccc2)CC1. The Bertz CT molecular complexity index is 800. The summed E-state index contributed by atoms with van der Waals surface area (Å²) in [7, 11) is 0. The highest BCUT2D eigenvalue weighted by atomic mass is 127. The molecule has 1 saturated heterocycles. The molecule has 2 atom stereocenters. The van der Waals surface area contributed by atoms with E-state index in [-0.39, 0.29) is 12.1 Å². The second kappa shape index (κ2) is 9.42. The van der Waals surface area contributed by atoms with Crippen molar-refractivity contribution in [3.05, 3.63) is 75.4 Å². The van der Waals surface area contributed by atoms with Crippen molar-refractivity contribution in [1.82, 2.24) is 4.90 Å². The molecule has 148 valence electrons. The molecule has 1 N–H and O–H groups in total. The molecule has 0 saturated carbocycles. The number of piperidine rings is 1. The summed E-state index contributed by atoms with van der Waals surface area (Å²) in [6, 6.07) is 17.3. The summed E-state index contributed by atoms with van der Waals surface area (Å²) in [4.78, 5) is 2.51. The molecule has 1 aliphatic heterocycles. The van der Waals surface area contributed by atoms with Crippen LogP contribution in [0.1, 0.15) is 35.4 Å². The Morgan fingerprint density at radius 2 is 1.82 bits per heavy atom. The van der Waals surface area contributed by atoms with Gasteiger partial charge in [-0.15, -0.1) is 0 Å². The zero-order valence-corrected chi connectivity index (χ0v) is 18.3. The van der Waals surface area contributed by atoms with Crippen LogP contribution in [-0.4, -0.2) is 41.8 Å². The highest BCUT2D eigenvalue weighted by Gasteiger charge is 2.35. The third-order valence-corrected chi connectivity index (χ3v) is 6.72. The van der Waals surface area contributed by atoms with E-state index < -0.39 is 0 Å². The minimum Gasteiger partial charge on any atom is -0.489 e. The number of hydrogen-bond donors (Lipinski definition) is 1. The first-order valence-corrected chi connectivity index (χ1v) is 11.5. The molecule has 28 heavy (non-hydrogen) atoms. The van der Waals surface area contributed by atoms with Crippen LogP contribution in [0.15, 0.2) is 58.7 Å². The molecule has 4 heteroatoms. The molecule has 2 aromatic carbocycles. The summed E-state index contributed by atoms with van der Waals surface area (Å²) in [5.41, 5.74) is 3.97. The molecular formula is C24H28INO2. The number of rotatable bonds is 5. The highest BCUT2D eigenvalue weighted by molar-refractivity contribution is 14.1. The van der Waals surface area contributed by atoms with Crippen LogP contribution in [-0.2, 0) is 12.8 Å². The smallest absolute Gasteiger partial charge is 0.123 e. The van der Waals surface area contributed by atoms with Crippen molar-refractivity contribution < 1.29 is 9.84 Å². The molecule has 2 aliphatic rings. The van der Waals surface area contributed by atoms with Crippen LogP contribution in [0.3, 0.4) is 0 Å². The van der Waals surface area contributed by atoms with Gasteiger partial charge in [-0.3, -0.25) is 4.90 Å². The topological polar surface area (TPSA) is 32.7 Å². The van der Waals surface area contributed by atoms with Crippen molar-refractivity contribution in [1.29, 1.82) is 0 Å². The van der Waals surface area contributed by atoms with E-state index in [9.17, 15) is 5.11 Å². The molecule has 1 fully saturated rings. The van der Waals surface area contributed by atoms with Gasteiger partial charge in [-0.1, -0.05) is 65.1 Å². The zero-order valence-electron chi connectivity index (χ0n) is 16.1. The van der Waals surface area contributed by atoms with Crippen molar-refractivity contribution in [2.24, 2.45) is 0 Å². The fraction of sp³-hybridized carbons (Fsp3) is 0.417. The Hall–Kier alpha value is -1.37. The van der Waals surface area contributed by atoms with E-state index in [1.807, 2.05) is 16.2 Å². The number of ether oxygens (including phenoxy) is 1. The third kappa shape index (κ3) is 4.44. The molecule has 1 aliphatic carbocycles. The molecule has 0 spiro atoms. The van der Waals surface area contributed by atoms with Gasteiger partial charge in [-0.2, -0.15) is 0 Å². The summed E-state index contributed by atoms with van der Waals surface area (Å²) in [6.45, 7) is 2.70. The molecule has 1 heterocycles. The quantitative estimate of drug-likeness (QED) is 0.617. The lowest BCUT2D eigenvalue weighted by atomic mass is 9.82. The first kappa shape index (κ1) is 19.9. The Balaban J connectivity index is 1.44. The van der Waals surface area contributed by atoms with Gasteiger partial charge in [-0.05, 0) is 71.2 Å². The number of likely N-dealkylation sites (tertiary alicyclic amines) is 1. The molecule has 0 amide bonds. The molecule has 0 radical (unpaired) electrons. The van der Waals surface area contributed by atoms with Gasteiger partial charge in [0.2, 0.25) is 0 Å². The van der Waals surface area contributed by atoms with Gasteiger partial charge < -0.3 is 9.84 Å². The monoisotopic (exact) mass is 489 g/mol. The van der Waals surface area contributed by atoms with Crippen LogP contribution >= 0.6 is 22.6 Å². The molecular weight excluding hydrogens is 461 g/mol. The predicted octanol–water partition coefficient (Wildman–Crippen LogP) is 4.72. The van der Waals surface area contributed by atoms with Crippen molar-refractivity contribution >= 4 is 22.6 Å². The van der Waals surface area contributed by atoms with E-state index in [0.717, 1.165) is 31.7 Å². The summed E-state index contributed by atoms with van der Waals surface area (Å²) in [6.07, 6.45) is 5.64. The third-order valence-electron chi connectivity index (χ3n) is 6.21.